The van der Waals surface area contributed by atoms with Crippen molar-refractivity contribution >= 4 is 45.4 Å². The summed E-state index contributed by atoms with van der Waals surface area (Å²) in [5, 5.41) is 10.2. The van der Waals surface area contributed by atoms with Crippen molar-refractivity contribution in [1.82, 2.24) is 19.9 Å². The quantitative estimate of drug-likeness (QED) is 0.302. The van der Waals surface area contributed by atoms with Crippen LogP contribution >= 0.6 is 22.6 Å². The minimum Gasteiger partial charge on any atom is -0.360 e. The zero-order chi connectivity index (χ0) is 20.0. The first kappa shape index (κ1) is 18.4. The number of morpholine rings is 1. The van der Waals surface area contributed by atoms with Crippen molar-refractivity contribution in [2.24, 2.45) is 0 Å². The summed E-state index contributed by atoms with van der Waals surface area (Å²) in [4.78, 5) is 23.0. The minimum absolute atomic E-state index is 0.344. The molecule has 9 heteroatoms. The number of hydrogen-bond donors (Lipinski definition) is 0. The first-order valence-corrected chi connectivity index (χ1v) is 10.5. The second-order valence-electron chi connectivity index (χ2n) is 7.21. The summed E-state index contributed by atoms with van der Waals surface area (Å²) in [5.74, 6) is 1.40. The molecule has 3 aromatic heterocycles. The van der Waals surface area contributed by atoms with Gasteiger partial charge in [0.2, 0.25) is 5.95 Å². The standard InChI is InChI=1S/C20H18IN7O/c1-20(21)16-13(4-2-6-23-16)11-28(20)18-15-5-3-7-24-17(15)25-19(26-18)27-8-9-29-14(10-22)12-27/h2-7,14H,8-9,11-12H2,1H3. The molecule has 146 valence electrons. The number of hydrogen-bond acceptors (Lipinski definition) is 8. The summed E-state index contributed by atoms with van der Waals surface area (Å²) in [7, 11) is 0. The van der Waals surface area contributed by atoms with Crippen molar-refractivity contribution in [1.29, 1.82) is 5.26 Å². The molecule has 1 saturated heterocycles. The van der Waals surface area contributed by atoms with Crippen molar-refractivity contribution in [3.05, 3.63) is 47.9 Å². The van der Waals surface area contributed by atoms with Gasteiger partial charge < -0.3 is 14.5 Å². The summed E-state index contributed by atoms with van der Waals surface area (Å²) >= 11 is 2.44. The number of anilines is 2. The molecular formula is C20H18IN7O. The van der Waals surface area contributed by atoms with Crippen molar-refractivity contribution < 1.29 is 4.74 Å². The van der Waals surface area contributed by atoms with Gasteiger partial charge in [-0.25, -0.2) is 4.98 Å². The number of aromatic nitrogens is 4. The van der Waals surface area contributed by atoms with E-state index >= 15 is 0 Å². The second kappa shape index (κ2) is 7.03. The average Bonchev–Trinajstić information content (AvgIpc) is 3.03. The van der Waals surface area contributed by atoms with E-state index in [1.54, 1.807) is 6.20 Å². The van der Waals surface area contributed by atoms with Gasteiger partial charge in [0.25, 0.3) is 0 Å². The Labute approximate surface area is 181 Å². The fraction of sp³-hybridized carbons (Fsp3) is 0.350. The van der Waals surface area contributed by atoms with E-state index in [9.17, 15) is 5.26 Å². The highest BCUT2D eigenvalue weighted by Crippen LogP contribution is 2.46. The maximum Gasteiger partial charge on any atom is 0.229 e. The smallest absolute Gasteiger partial charge is 0.229 e. The van der Waals surface area contributed by atoms with Crippen LogP contribution in [0.4, 0.5) is 11.8 Å². The highest BCUT2D eigenvalue weighted by Gasteiger charge is 2.42. The molecular weight excluding hydrogens is 481 g/mol. The predicted octanol–water partition coefficient (Wildman–Crippen LogP) is 2.78. The van der Waals surface area contributed by atoms with Crippen LogP contribution in [0, 0.1) is 11.3 Å². The van der Waals surface area contributed by atoms with E-state index in [1.165, 1.54) is 5.56 Å². The largest absolute Gasteiger partial charge is 0.360 e. The molecule has 0 N–H and O–H groups in total. The lowest BCUT2D eigenvalue weighted by molar-refractivity contribution is 0.0758. The Morgan fingerprint density at radius 1 is 1.24 bits per heavy atom. The third-order valence-corrected chi connectivity index (χ3v) is 6.44. The molecule has 1 fully saturated rings. The molecule has 5 heterocycles. The maximum absolute atomic E-state index is 9.25. The van der Waals surface area contributed by atoms with Crippen LogP contribution in [0.1, 0.15) is 18.2 Å². The minimum atomic E-state index is -0.481. The van der Waals surface area contributed by atoms with Crippen LogP contribution < -0.4 is 9.80 Å². The van der Waals surface area contributed by atoms with Crippen molar-refractivity contribution in [3.8, 4) is 6.07 Å². The molecule has 5 rings (SSSR count). The molecule has 0 aliphatic carbocycles. The maximum atomic E-state index is 9.25. The van der Waals surface area contributed by atoms with Crippen molar-refractivity contribution in [2.75, 3.05) is 29.5 Å². The first-order chi connectivity index (χ1) is 14.1. The molecule has 0 bridgehead atoms. The fourth-order valence-electron chi connectivity index (χ4n) is 3.89. The van der Waals surface area contributed by atoms with Gasteiger partial charge in [-0.3, -0.25) is 4.98 Å². The molecule has 3 aromatic rings. The number of rotatable bonds is 2. The number of ether oxygens (including phenoxy) is 1. The summed E-state index contributed by atoms with van der Waals surface area (Å²) in [6.45, 7) is 4.42. The van der Waals surface area contributed by atoms with Gasteiger partial charge in [0.05, 0.1) is 30.3 Å². The van der Waals surface area contributed by atoms with Gasteiger partial charge in [-0.1, -0.05) is 6.07 Å². The number of nitrogens with zero attached hydrogens (tertiary/aromatic N) is 7. The fourth-order valence-corrected chi connectivity index (χ4v) is 4.77. The molecule has 0 radical (unpaired) electrons. The summed E-state index contributed by atoms with van der Waals surface area (Å²) in [6.07, 6.45) is 3.09. The van der Waals surface area contributed by atoms with Gasteiger partial charge in [-0.05, 0) is 53.3 Å². The van der Waals surface area contributed by atoms with Crippen LogP contribution in [-0.2, 0) is 14.8 Å². The Balaban J connectivity index is 1.63. The zero-order valence-electron chi connectivity index (χ0n) is 15.8. The number of pyridine rings is 2. The van der Waals surface area contributed by atoms with Gasteiger partial charge in [0.1, 0.15) is 9.36 Å². The number of nitriles is 1. The van der Waals surface area contributed by atoms with Crippen molar-refractivity contribution in [2.45, 2.75) is 23.1 Å². The van der Waals surface area contributed by atoms with Crippen LogP contribution in [-0.4, -0.2) is 45.7 Å². The van der Waals surface area contributed by atoms with E-state index in [-0.39, 0.29) is 3.55 Å². The van der Waals surface area contributed by atoms with Crippen LogP contribution in [0.25, 0.3) is 11.0 Å². The van der Waals surface area contributed by atoms with Crippen LogP contribution in [0.15, 0.2) is 36.7 Å². The Hall–Kier alpha value is -2.58. The van der Waals surface area contributed by atoms with Gasteiger partial charge in [0, 0.05) is 25.5 Å². The number of halogens is 1. The molecule has 2 aliphatic rings. The normalized spacial score (nSPS) is 23.8. The third-order valence-electron chi connectivity index (χ3n) is 5.35. The highest BCUT2D eigenvalue weighted by atomic mass is 127. The molecule has 0 spiro atoms. The number of fused-ring (bicyclic) bond motifs is 2. The molecule has 0 aromatic carbocycles. The lowest BCUT2D eigenvalue weighted by Crippen LogP contribution is -2.43. The van der Waals surface area contributed by atoms with E-state index in [4.69, 9.17) is 14.7 Å². The number of alkyl halides is 1. The third kappa shape index (κ3) is 3.07. The molecule has 8 nitrogen and oxygen atoms in total. The predicted molar refractivity (Wildman–Crippen MR) is 117 cm³/mol. The van der Waals surface area contributed by atoms with Crippen LogP contribution in [0.2, 0.25) is 0 Å². The molecule has 2 unspecified atom stereocenters. The molecule has 0 amide bonds. The Bertz CT molecular complexity index is 1130. The topological polar surface area (TPSA) is 91.1 Å². The second-order valence-corrected chi connectivity index (χ2v) is 9.31. The lowest BCUT2D eigenvalue weighted by atomic mass is 10.2. The molecule has 2 atom stereocenters. The molecule has 29 heavy (non-hydrogen) atoms. The summed E-state index contributed by atoms with van der Waals surface area (Å²) in [5.41, 5.74) is 2.88. The van der Waals surface area contributed by atoms with Gasteiger partial charge in [-0.15, -0.1) is 0 Å². The average molecular weight is 499 g/mol. The first-order valence-electron chi connectivity index (χ1n) is 9.38. The molecule has 2 aliphatic heterocycles. The zero-order valence-corrected chi connectivity index (χ0v) is 17.9. The van der Waals surface area contributed by atoms with Gasteiger partial charge >= 0.3 is 0 Å². The van der Waals surface area contributed by atoms with Crippen molar-refractivity contribution in [3.63, 3.8) is 0 Å². The Morgan fingerprint density at radius 3 is 2.90 bits per heavy atom. The summed E-state index contributed by atoms with van der Waals surface area (Å²) < 4.78 is 5.13. The Morgan fingerprint density at radius 2 is 2.07 bits per heavy atom. The van der Waals surface area contributed by atoms with E-state index in [1.807, 2.05) is 29.3 Å². The molecule has 0 saturated carbocycles. The van der Waals surface area contributed by atoms with Crippen LogP contribution in [0.5, 0.6) is 0 Å². The summed E-state index contributed by atoms with van der Waals surface area (Å²) in [6, 6.07) is 10.2. The van der Waals surface area contributed by atoms with E-state index in [0.29, 0.717) is 37.8 Å². The van der Waals surface area contributed by atoms with E-state index < -0.39 is 6.10 Å². The SMILES string of the molecule is CC1(I)c2ncccc2CN1c1nc(N2CCOC(C#N)C2)nc2ncccc12. The van der Waals surface area contributed by atoms with Crippen LogP contribution in [0.3, 0.4) is 0 Å². The Kier molecular flexibility index (Phi) is 4.48. The van der Waals surface area contributed by atoms with E-state index in [2.05, 4.69) is 56.5 Å². The van der Waals surface area contributed by atoms with E-state index in [0.717, 1.165) is 16.9 Å². The monoisotopic (exact) mass is 499 g/mol. The lowest BCUT2D eigenvalue weighted by Gasteiger charge is -2.33. The highest BCUT2D eigenvalue weighted by molar-refractivity contribution is 14.1. The van der Waals surface area contributed by atoms with Gasteiger partial charge in [-0.2, -0.15) is 15.2 Å². The van der Waals surface area contributed by atoms with Gasteiger partial charge in [0.15, 0.2) is 11.8 Å².